The fourth-order valence-corrected chi connectivity index (χ4v) is 13.2. The van der Waals surface area contributed by atoms with Gasteiger partial charge < -0.3 is 20.3 Å². The van der Waals surface area contributed by atoms with Crippen LogP contribution in [0.4, 0.5) is 0 Å². The number of hydrogen-bond acceptors (Lipinski definition) is 5. The second-order valence-corrected chi connectivity index (χ2v) is 28.1. The largest absolute Gasteiger partial charge is 0.466 e. The Balaban J connectivity index is 3.32. The third-order valence-electron chi connectivity index (χ3n) is 19.3. The van der Waals surface area contributed by atoms with Crippen LogP contribution in [0.3, 0.4) is 0 Å². The summed E-state index contributed by atoms with van der Waals surface area (Å²) >= 11 is 0. The molecule has 518 valence electrons. The molecule has 0 aromatic carbocycles. The molecule has 0 aromatic rings. The Morgan fingerprint density at radius 2 is 0.540 bits per heavy atom. The smallest absolute Gasteiger partial charge is 0.305 e. The van der Waals surface area contributed by atoms with Gasteiger partial charge in [-0.3, -0.25) is 9.59 Å². The minimum atomic E-state index is -0.662. The van der Waals surface area contributed by atoms with Crippen molar-refractivity contribution >= 4 is 11.9 Å². The molecule has 6 nitrogen and oxygen atoms in total. The molecular formula is C81H159NO5. The Morgan fingerprint density at radius 1 is 0.310 bits per heavy atom. The van der Waals surface area contributed by atoms with Gasteiger partial charge >= 0.3 is 5.97 Å². The van der Waals surface area contributed by atoms with Crippen LogP contribution in [-0.4, -0.2) is 47.4 Å². The average molecular weight is 1230 g/mol. The molecule has 0 spiro atoms. The molecule has 0 bridgehead atoms. The Hall–Kier alpha value is -1.40. The molecule has 0 aliphatic carbocycles. The summed E-state index contributed by atoms with van der Waals surface area (Å²) < 4.78 is 5.50. The van der Waals surface area contributed by atoms with Crippen LogP contribution >= 0.6 is 0 Å². The highest BCUT2D eigenvalue weighted by molar-refractivity contribution is 5.76. The highest BCUT2D eigenvalue weighted by atomic mass is 16.5. The van der Waals surface area contributed by atoms with E-state index in [0.29, 0.717) is 25.9 Å². The number of carbonyl (C=O) groups is 2. The lowest BCUT2D eigenvalue weighted by molar-refractivity contribution is -0.143. The van der Waals surface area contributed by atoms with Gasteiger partial charge in [-0.05, 0) is 51.4 Å². The van der Waals surface area contributed by atoms with Gasteiger partial charge in [0.05, 0.1) is 25.4 Å². The fourth-order valence-electron chi connectivity index (χ4n) is 13.2. The van der Waals surface area contributed by atoms with E-state index in [1.807, 2.05) is 0 Å². The van der Waals surface area contributed by atoms with Crippen LogP contribution in [0.25, 0.3) is 0 Å². The van der Waals surface area contributed by atoms with Crippen LogP contribution in [0.5, 0.6) is 0 Å². The summed E-state index contributed by atoms with van der Waals surface area (Å²) in [4.78, 5) is 24.7. The Kier molecular flexibility index (Phi) is 75.8. The molecule has 6 heteroatoms. The van der Waals surface area contributed by atoms with Gasteiger partial charge in [-0.15, -0.1) is 0 Å². The SMILES string of the molecule is CCCCCCCC/C=C\CCCCCCCC(=O)OCCCCCCCCCCCCCCCCCCCCCCCCCCCCCCCCCCC(=O)NC(CO)C(O)CCCCCCCCCCCCCCCCCCCCCCCCC. The Bertz CT molecular complexity index is 1320. The van der Waals surface area contributed by atoms with Crippen molar-refractivity contribution in [3.05, 3.63) is 12.2 Å². The number of unbranched alkanes of at least 4 members (excludes halogenated alkanes) is 64. The number of amides is 1. The molecule has 87 heavy (non-hydrogen) atoms. The number of ether oxygens (including phenoxy) is 1. The summed E-state index contributed by atoms with van der Waals surface area (Å²) in [7, 11) is 0. The monoisotopic (exact) mass is 1230 g/mol. The average Bonchev–Trinajstić information content (AvgIpc) is 3.53. The normalized spacial score (nSPS) is 12.5. The van der Waals surface area contributed by atoms with Gasteiger partial charge in [-0.1, -0.05) is 418 Å². The lowest BCUT2D eigenvalue weighted by Crippen LogP contribution is -2.45. The molecule has 0 saturated carbocycles. The minimum absolute atomic E-state index is 0.0146. The van der Waals surface area contributed by atoms with Gasteiger partial charge in [0.2, 0.25) is 5.91 Å². The van der Waals surface area contributed by atoms with Crippen molar-refractivity contribution in [2.24, 2.45) is 0 Å². The van der Waals surface area contributed by atoms with Crippen molar-refractivity contribution in [2.45, 2.75) is 482 Å². The number of allylic oxidation sites excluding steroid dienone is 2. The third-order valence-corrected chi connectivity index (χ3v) is 19.3. The molecule has 0 rings (SSSR count). The van der Waals surface area contributed by atoms with Gasteiger partial charge in [0.25, 0.3) is 0 Å². The standard InChI is InChI=1S/C81H159NO5/c1-3-5-7-9-11-13-15-17-19-20-21-22-33-36-39-42-46-49-53-57-61-65-69-73-79(84)78(77-83)82-80(85)74-70-66-62-58-54-50-47-43-40-37-34-31-29-27-25-23-24-26-28-30-32-35-38-41-44-48-52-56-60-64-68-72-76-87-81(86)75-71-67-63-59-55-51-45-18-16-14-12-10-8-6-4-2/h18,45,78-79,83-84H,3-17,19-44,46-77H2,1-2H3,(H,82,85)/b45-18-. The zero-order chi connectivity index (χ0) is 62.8. The Morgan fingerprint density at radius 3 is 0.816 bits per heavy atom. The molecule has 0 aromatic heterocycles. The maximum atomic E-state index is 12.6. The van der Waals surface area contributed by atoms with E-state index in [0.717, 1.165) is 44.9 Å². The second-order valence-electron chi connectivity index (χ2n) is 28.1. The third kappa shape index (κ3) is 73.5. The first-order chi connectivity index (χ1) is 43.0. The fraction of sp³-hybridized carbons (Fsp3) is 0.951. The topological polar surface area (TPSA) is 95.9 Å². The van der Waals surface area contributed by atoms with E-state index in [2.05, 4.69) is 31.3 Å². The molecule has 0 aliphatic heterocycles. The summed E-state index contributed by atoms with van der Waals surface area (Å²) in [5, 5.41) is 23.5. The van der Waals surface area contributed by atoms with Crippen molar-refractivity contribution in [1.29, 1.82) is 0 Å². The number of hydrogen-bond donors (Lipinski definition) is 3. The number of rotatable bonds is 77. The van der Waals surface area contributed by atoms with E-state index in [-0.39, 0.29) is 18.5 Å². The summed E-state index contributed by atoms with van der Waals surface area (Å²) in [6.07, 6.45) is 97.4. The number of esters is 1. The zero-order valence-corrected chi connectivity index (χ0v) is 59.5. The molecule has 2 unspecified atom stereocenters. The first-order valence-electron chi connectivity index (χ1n) is 40.4. The summed E-state index contributed by atoms with van der Waals surface area (Å²) in [5.41, 5.74) is 0. The van der Waals surface area contributed by atoms with Crippen LogP contribution in [0, 0.1) is 0 Å². The van der Waals surface area contributed by atoms with Gasteiger partial charge in [-0.25, -0.2) is 0 Å². The summed E-state index contributed by atoms with van der Waals surface area (Å²) in [6.45, 7) is 5.00. The van der Waals surface area contributed by atoms with E-state index in [1.165, 1.54) is 392 Å². The number of aliphatic hydroxyl groups is 2. The van der Waals surface area contributed by atoms with Crippen LogP contribution in [0.15, 0.2) is 12.2 Å². The van der Waals surface area contributed by atoms with Crippen molar-refractivity contribution in [2.75, 3.05) is 13.2 Å². The molecule has 0 saturated heterocycles. The molecule has 1 amide bonds. The molecule has 0 aliphatic rings. The number of nitrogens with one attached hydrogen (secondary N) is 1. The van der Waals surface area contributed by atoms with Gasteiger partial charge in [0, 0.05) is 12.8 Å². The number of aliphatic hydroxyl groups excluding tert-OH is 2. The predicted molar refractivity (Wildman–Crippen MR) is 384 cm³/mol. The maximum Gasteiger partial charge on any atom is 0.305 e. The minimum Gasteiger partial charge on any atom is -0.466 e. The van der Waals surface area contributed by atoms with Gasteiger partial charge in [0.1, 0.15) is 0 Å². The predicted octanol–water partition coefficient (Wildman–Crippen LogP) is 26.7. The lowest BCUT2D eigenvalue weighted by atomic mass is 10.0. The first-order valence-corrected chi connectivity index (χ1v) is 40.4. The Labute approximate surface area is 546 Å². The van der Waals surface area contributed by atoms with Crippen molar-refractivity contribution in [3.8, 4) is 0 Å². The van der Waals surface area contributed by atoms with Crippen LogP contribution in [0.1, 0.15) is 470 Å². The van der Waals surface area contributed by atoms with Crippen molar-refractivity contribution < 1.29 is 24.5 Å². The van der Waals surface area contributed by atoms with E-state index in [4.69, 9.17) is 4.74 Å². The molecule has 0 radical (unpaired) electrons. The highest BCUT2D eigenvalue weighted by Gasteiger charge is 2.20. The summed E-state index contributed by atoms with van der Waals surface area (Å²) in [5.74, 6) is -0.00974. The van der Waals surface area contributed by atoms with E-state index < -0.39 is 12.1 Å². The van der Waals surface area contributed by atoms with Crippen LogP contribution in [-0.2, 0) is 14.3 Å². The molecular weight excluding hydrogens is 1070 g/mol. The van der Waals surface area contributed by atoms with Crippen molar-refractivity contribution in [1.82, 2.24) is 5.32 Å². The molecule has 0 fully saturated rings. The second kappa shape index (κ2) is 77.1. The molecule has 2 atom stereocenters. The number of carbonyl (C=O) groups excluding carboxylic acids is 2. The van der Waals surface area contributed by atoms with E-state index in [1.54, 1.807) is 0 Å². The quantitative estimate of drug-likeness (QED) is 0.0320. The molecule has 0 heterocycles. The van der Waals surface area contributed by atoms with E-state index in [9.17, 15) is 19.8 Å². The van der Waals surface area contributed by atoms with E-state index >= 15 is 0 Å². The van der Waals surface area contributed by atoms with Crippen molar-refractivity contribution in [3.63, 3.8) is 0 Å². The van der Waals surface area contributed by atoms with Gasteiger partial charge in [-0.2, -0.15) is 0 Å². The first kappa shape index (κ1) is 85.6. The lowest BCUT2D eigenvalue weighted by Gasteiger charge is -2.22. The van der Waals surface area contributed by atoms with Crippen LogP contribution < -0.4 is 5.32 Å². The van der Waals surface area contributed by atoms with Crippen LogP contribution in [0.2, 0.25) is 0 Å². The van der Waals surface area contributed by atoms with Gasteiger partial charge in [0.15, 0.2) is 0 Å². The summed E-state index contributed by atoms with van der Waals surface area (Å²) in [6, 6.07) is -0.539. The highest BCUT2D eigenvalue weighted by Crippen LogP contribution is 2.21. The molecule has 3 N–H and O–H groups in total. The zero-order valence-electron chi connectivity index (χ0n) is 59.5. The maximum absolute atomic E-state index is 12.6.